The largest absolute Gasteiger partial charge is 0.385 e. The van der Waals surface area contributed by atoms with Crippen LogP contribution in [0.4, 0.5) is 5.69 Å². The van der Waals surface area contributed by atoms with Crippen LogP contribution in [0.5, 0.6) is 0 Å². The SMILES string of the molecule is CC(CCNc1cccc(C#N)c1)c1ccccc1. The number of benzene rings is 2. The summed E-state index contributed by atoms with van der Waals surface area (Å²) in [5.41, 5.74) is 3.08. The molecule has 19 heavy (non-hydrogen) atoms. The summed E-state index contributed by atoms with van der Waals surface area (Å²) in [7, 11) is 0. The van der Waals surface area contributed by atoms with Crippen LogP contribution in [0, 0.1) is 11.3 Å². The van der Waals surface area contributed by atoms with Gasteiger partial charge < -0.3 is 5.32 Å². The molecule has 0 bridgehead atoms. The van der Waals surface area contributed by atoms with Gasteiger partial charge in [0, 0.05) is 12.2 Å². The van der Waals surface area contributed by atoms with Crippen LogP contribution in [0.25, 0.3) is 0 Å². The fourth-order valence-electron chi connectivity index (χ4n) is 2.08. The topological polar surface area (TPSA) is 35.8 Å². The maximum atomic E-state index is 8.85. The number of rotatable bonds is 5. The highest BCUT2D eigenvalue weighted by Gasteiger charge is 2.04. The van der Waals surface area contributed by atoms with Crippen LogP contribution >= 0.6 is 0 Å². The molecular formula is C17H18N2. The minimum atomic E-state index is 0.535. The van der Waals surface area contributed by atoms with E-state index in [-0.39, 0.29) is 0 Å². The van der Waals surface area contributed by atoms with Crippen molar-refractivity contribution in [3.63, 3.8) is 0 Å². The van der Waals surface area contributed by atoms with Crippen LogP contribution in [0.3, 0.4) is 0 Å². The van der Waals surface area contributed by atoms with Gasteiger partial charge in [-0.05, 0) is 36.1 Å². The number of nitrogens with zero attached hydrogens (tertiary/aromatic N) is 1. The molecule has 2 aromatic rings. The Kier molecular flexibility index (Phi) is 4.58. The first-order valence-electron chi connectivity index (χ1n) is 6.58. The minimum absolute atomic E-state index is 0.535. The van der Waals surface area contributed by atoms with Crippen LogP contribution in [0.2, 0.25) is 0 Å². The third kappa shape index (κ3) is 3.86. The molecule has 1 atom stereocenters. The van der Waals surface area contributed by atoms with E-state index in [1.54, 1.807) is 0 Å². The smallest absolute Gasteiger partial charge is 0.0992 e. The molecule has 2 nitrogen and oxygen atoms in total. The molecule has 0 heterocycles. The van der Waals surface area contributed by atoms with Crippen LogP contribution < -0.4 is 5.32 Å². The van der Waals surface area contributed by atoms with Crippen LogP contribution in [-0.2, 0) is 0 Å². The van der Waals surface area contributed by atoms with E-state index in [1.807, 2.05) is 30.3 Å². The Labute approximate surface area is 114 Å². The Morgan fingerprint density at radius 2 is 1.89 bits per heavy atom. The molecule has 0 saturated carbocycles. The summed E-state index contributed by atoms with van der Waals surface area (Å²) in [5.74, 6) is 0.535. The Morgan fingerprint density at radius 3 is 2.63 bits per heavy atom. The zero-order valence-corrected chi connectivity index (χ0v) is 11.1. The van der Waals surface area contributed by atoms with Gasteiger partial charge in [-0.25, -0.2) is 0 Å². The van der Waals surface area contributed by atoms with Crippen molar-refractivity contribution in [2.75, 3.05) is 11.9 Å². The summed E-state index contributed by atoms with van der Waals surface area (Å²) in [6.07, 6.45) is 1.07. The zero-order valence-electron chi connectivity index (χ0n) is 11.1. The molecule has 0 aromatic heterocycles. The van der Waals surface area contributed by atoms with E-state index in [2.05, 4.69) is 42.6 Å². The molecule has 0 aliphatic heterocycles. The second-order valence-corrected chi connectivity index (χ2v) is 4.72. The van der Waals surface area contributed by atoms with Crippen molar-refractivity contribution in [3.8, 4) is 6.07 Å². The van der Waals surface area contributed by atoms with E-state index in [0.29, 0.717) is 11.5 Å². The summed E-state index contributed by atoms with van der Waals surface area (Å²) in [6.45, 7) is 3.15. The highest BCUT2D eigenvalue weighted by atomic mass is 14.9. The third-order valence-electron chi connectivity index (χ3n) is 3.27. The lowest BCUT2D eigenvalue weighted by Crippen LogP contribution is -2.06. The molecule has 0 fully saturated rings. The number of nitriles is 1. The standard InChI is InChI=1S/C17H18N2/c1-14(16-7-3-2-4-8-16)10-11-19-17-9-5-6-15(12-17)13-18/h2-9,12,14,19H,10-11H2,1H3. The number of hydrogen-bond donors (Lipinski definition) is 1. The van der Waals surface area contributed by atoms with Gasteiger partial charge in [-0.1, -0.05) is 43.3 Å². The average Bonchev–Trinajstić information content (AvgIpc) is 2.48. The summed E-state index contributed by atoms with van der Waals surface area (Å²) in [5, 5.41) is 12.2. The fraction of sp³-hybridized carbons (Fsp3) is 0.235. The second-order valence-electron chi connectivity index (χ2n) is 4.72. The summed E-state index contributed by atoms with van der Waals surface area (Å²) in [4.78, 5) is 0. The number of hydrogen-bond acceptors (Lipinski definition) is 2. The molecular weight excluding hydrogens is 232 g/mol. The van der Waals surface area contributed by atoms with Crippen LogP contribution in [0.1, 0.15) is 30.4 Å². The summed E-state index contributed by atoms with van der Waals surface area (Å²) >= 11 is 0. The predicted molar refractivity (Wildman–Crippen MR) is 79.1 cm³/mol. The van der Waals surface area contributed by atoms with E-state index in [4.69, 9.17) is 5.26 Å². The first-order chi connectivity index (χ1) is 9.29. The Bertz CT molecular complexity index is 555. The van der Waals surface area contributed by atoms with E-state index in [9.17, 15) is 0 Å². The molecule has 0 radical (unpaired) electrons. The van der Waals surface area contributed by atoms with Gasteiger partial charge in [-0.15, -0.1) is 0 Å². The fourth-order valence-corrected chi connectivity index (χ4v) is 2.08. The van der Waals surface area contributed by atoms with Crippen molar-refractivity contribution in [1.82, 2.24) is 0 Å². The van der Waals surface area contributed by atoms with Gasteiger partial charge in [0.1, 0.15) is 0 Å². The van der Waals surface area contributed by atoms with E-state index in [0.717, 1.165) is 18.7 Å². The Morgan fingerprint density at radius 1 is 1.11 bits per heavy atom. The molecule has 0 saturated heterocycles. The van der Waals surface area contributed by atoms with E-state index < -0.39 is 0 Å². The lowest BCUT2D eigenvalue weighted by atomic mass is 9.98. The summed E-state index contributed by atoms with van der Waals surface area (Å²) < 4.78 is 0. The molecule has 96 valence electrons. The molecule has 2 aromatic carbocycles. The van der Waals surface area contributed by atoms with Gasteiger partial charge in [0.05, 0.1) is 11.6 Å². The molecule has 0 spiro atoms. The second kappa shape index (κ2) is 6.61. The lowest BCUT2D eigenvalue weighted by Gasteiger charge is -2.13. The van der Waals surface area contributed by atoms with E-state index >= 15 is 0 Å². The molecule has 2 heteroatoms. The van der Waals surface area contributed by atoms with Gasteiger partial charge >= 0.3 is 0 Å². The lowest BCUT2D eigenvalue weighted by molar-refractivity contribution is 0.706. The predicted octanol–water partition coefficient (Wildman–Crippen LogP) is 4.16. The van der Waals surface area contributed by atoms with Gasteiger partial charge in [0.15, 0.2) is 0 Å². The zero-order chi connectivity index (χ0) is 13.5. The average molecular weight is 250 g/mol. The van der Waals surface area contributed by atoms with Crippen molar-refractivity contribution in [2.45, 2.75) is 19.3 Å². The number of nitrogens with one attached hydrogen (secondary N) is 1. The maximum absolute atomic E-state index is 8.85. The van der Waals surface area contributed by atoms with Gasteiger partial charge in [0.2, 0.25) is 0 Å². The Hall–Kier alpha value is -2.27. The van der Waals surface area contributed by atoms with Crippen molar-refractivity contribution >= 4 is 5.69 Å². The third-order valence-corrected chi connectivity index (χ3v) is 3.27. The molecule has 2 rings (SSSR count). The molecule has 0 aliphatic carbocycles. The van der Waals surface area contributed by atoms with Crippen molar-refractivity contribution in [3.05, 3.63) is 65.7 Å². The van der Waals surface area contributed by atoms with Crippen molar-refractivity contribution in [1.29, 1.82) is 5.26 Å². The molecule has 1 unspecified atom stereocenters. The monoisotopic (exact) mass is 250 g/mol. The van der Waals surface area contributed by atoms with Crippen molar-refractivity contribution < 1.29 is 0 Å². The molecule has 1 N–H and O–H groups in total. The summed E-state index contributed by atoms with van der Waals surface area (Å²) in [6, 6.07) is 20.3. The van der Waals surface area contributed by atoms with Crippen LogP contribution in [0.15, 0.2) is 54.6 Å². The van der Waals surface area contributed by atoms with Gasteiger partial charge in [-0.3, -0.25) is 0 Å². The van der Waals surface area contributed by atoms with Gasteiger partial charge in [0.25, 0.3) is 0 Å². The normalized spacial score (nSPS) is 11.6. The first kappa shape index (κ1) is 13.2. The first-order valence-corrected chi connectivity index (χ1v) is 6.58. The van der Waals surface area contributed by atoms with E-state index in [1.165, 1.54) is 5.56 Å². The van der Waals surface area contributed by atoms with Crippen LogP contribution in [-0.4, -0.2) is 6.54 Å². The van der Waals surface area contributed by atoms with Gasteiger partial charge in [-0.2, -0.15) is 5.26 Å². The Balaban J connectivity index is 1.85. The minimum Gasteiger partial charge on any atom is -0.385 e. The van der Waals surface area contributed by atoms with Crippen molar-refractivity contribution in [2.24, 2.45) is 0 Å². The maximum Gasteiger partial charge on any atom is 0.0992 e. The highest BCUT2D eigenvalue weighted by Crippen LogP contribution is 2.18. The molecule has 0 amide bonds. The highest BCUT2D eigenvalue weighted by molar-refractivity contribution is 5.49. The number of anilines is 1. The molecule has 0 aliphatic rings. The quantitative estimate of drug-likeness (QED) is 0.864.